The Bertz CT molecular complexity index is 481. The molecule has 0 saturated carbocycles. The van der Waals surface area contributed by atoms with Crippen LogP contribution in [0.25, 0.3) is 5.69 Å². The molecule has 0 atom stereocenters. The number of hydrogen-bond donors (Lipinski definition) is 0. The zero-order valence-electron chi connectivity index (χ0n) is 8.11. The second kappa shape index (κ2) is 3.98. The molecular weight excluding hydrogens is 217 g/mol. The minimum atomic E-state index is -0.260. The number of halogens is 2. The summed E-state index contributed by atoms with van der Waals surface area (Å²) in [5.74, 6) is 0.0628. The molecule has 0 amide bonds. The van der Waals surface area contributed by atoms with Crippen LogP contribution in [0.15, 0.2) is 24.4 Å². The Labute approximate surface area is 91.5 Å². The zero-order valence-corrected chi connectivity index (χ0v) is 8.87. The minimum absolute atomic E-state index is 0.260. The Morgan fingerprint density at radius 1 is 1.47 bits per heavy atom. The molecule has 0 saturated heterocycles. The minimum Gasteiger partial charge on any atom is -0.216 e. The fraction of sp³-hybridized carbons (Fsp3) is 0.200. The molecule has 2 aromatic rings. The summed E-state index contributed by atoms with van der Waals surface area (Å²) in [6.07, 6.45) is 1.59. The zero-order chi connectivity index (χ0) is 10.8. The average molecular weight is 226 g/mol. The molecule has 0 aliphatic heterocycles. The first kappa shape index (κ1) is 10.1. The standard InChI is InChI=1S/C10H9ClFN3/c1-7-4-8(12)2-3-10(7)15-9(5-11)6-13-14-15/h2-4,6H,5H2,1H3. The second-order valence-electron chi connectivity index (χ2n) is 3.20. The Morgan fingerprint density at radius 3 is 2.93 bits per heavy atom. The Morgan fingerprint density at radius 2 is 2.27 bits per heavy atom. The molecule has 0 unspecified atom stereocenters. The van der Waals surface area contributed by atoms with E-state index in [0.717, 1.165) is 16.9 Å². The lowest BCUT2D eigenvalue weighted by atomic mass is 10.2. The highest BCUT2D eigenvalue weighted by atomic mass is 35.5. The number of benzene rings is 1. The van der Waals surface area contributed by atoms with Crippen LogP contribution in [0.1, 0.15) is 11.3 Å². The van der Waals surface area contributed by atoms with Crippen molar-refractivity contribution in [3.05, 3.63) is 41.5 Å². The van der Waals surface area contributed by atoms with Crippen LogP contribution in [0.5, 0.6) is 0 Å². The predicted octanol–water partition coefficient (Wildman–Crippen LogP) is 2.45. The first-order chi connectivity index (χ1) is 7.22. The van der Waals surface area contributed by atoms with E-state index in [9.17, 15) is 4.39 Å². The molecule has 0 N–H and O–H groups in total. The normalized spacial score (nSPS) is 10.6. The van der Waals surface area contributed by atoms with E-state index in [1.807, 2.05) is 6.92 Å². The largest absolute Gasteiger partial charge is 0.216 e. The number of alkyl halides is 1. The van der Waals surface area contributed by atoms with Crippen molar-refractivity contribution in [3.8, 4) is 5.69 Å². The molecule has 0 aliphatic carbocycles. The van der Waals surface area contributed by atoms with Gasteiger partial charge in [0.05, 0.1) is 23.5 Å². The van der Waals surface area contributed by atoms with E-state index < -0.39 is 0 Å². The summed E-state index contributed by atoms with van der Waals surface area (Å²) in [5, 5.41) is 7.68. The lowest BCUT2D eigenvalue weighted by molar-refractivity contribution is 0.625. The maximum atomic E-state index is 12.9. The van der Waals surface area contributed by atoms with Crippen LogP contribution >= 0.6 is 11.6 Å². The molecule has 2 rings (SSSR count). The quantitative estimate of drug-likeness (QED) is 0.735. The number of hydrogen-bond acceptors (Lipinski definition) is 2. The van der Waals surface area contributed by atoms with Crippen molar-refractivity contribution in [2.24, 2.45) is 0 Å². The highest BCUT2D eigenvalue weighted by Crippen LogP contribution is 2.16. The van der Waals surface area contributed by atoms with Gasteiger partial charge in [-0.2, -0.15) is 0 Å². The Hall–Kier alpha value is -1.42. The molecule has 78 valence electrons. The van der Waals surface area contributed by atoms with Crippen molar-refractivity contribution in [2.45, 2.75) is 12.8 Å². The SMILES string of the molecule is Cc1cc(F)ccc1-n1nncc1CCl. The number of nitrogens with zero attached hydrogens (tertiary/aromatic N) is 3. The van der Waals surface area contributed by atoms with Crippen molar-refractivity contribution in [2.75, 3.05) is 0 Å². The van der Waals surface area contributed by atoms with Gasteiger partial charge in [0.15, 0.2) is 0 Å². The van der Waals surface area contributed by atoms with Gasteiger partial charge in [0.1, 0.15) is 5.82 Å². The van der Waals surface area contributed by atoms with E-state index in [0.29, 0.717) is 5.88 Å². The summed E-state index contributed by atoms with van der Waals surface area (Å²) in [4.78, 5) is 0. The van der Waals surface area contributed by atoms with Gasteiger partial charge in [0, 0.05) is 0 Å². The fourth-order valence-electron chi connectivity index (χ4n) is 1.41. The van der Waals surface area contributed by atoms with Gasteiger partial charge in [-0.1, -0.05) is 5.21 Å². The molecule has 0 radical (unpaired) electrons. The third kappa shape index (κ3) is 1.85. The lowest BCUT2D eigenvalue weighted by Gasteiger charge is -2.07. The number of aryl methyl sites for hydroxylation is 1. The van der Waals surface area contributed by atoms with Crippen molar-refractivity contribution in [1.29, 1.82) is 0 Å². The first-order valence-electron chi connectivity index (χ1n) is 4.44. The van der Waals surface area contributed by atoms with Gasteiger partial charge in [-0.3, -0.25) is 0 Å². The first-order valence-corrected chi connectivity index (χ1v) is 4.98. The molecule has 0 fully saturated rings. The van der Waals surface area contributed by atoms with Crippen LogP contribution in [0, 0.1) is 12.7 Å². The highest BCUT2D eigenvalue weighted by Gasteiger charge is 2.07. The van der Waals surface area contributed by atoms with Crippen LogP contribution in [0.3, 0.4) is 0 Å². The van der Waals surface area contributed by atoms with Crippen LogP contribution in [-0.2, 0) is 5.88 Å². The van der Waals surface area contributed by atoms with Crippen LogP contribution in [0.4, 0.5) is 4.39 Å². The van der Waals surface area contributed by atoms with Gasteiger partial charge in [0.25, 0.3) is 0 Å². The van der Waals surface area contributed by atoms with Crippen LogP contribution < -0.4 is 0 Å². The van der Waals surface area contributed by atoms with Gasteiger partial charge in [-0.05, 0) is 30.7 Å². The Balaban J connectivity index is 2.54. The van der Waals surface area contributed by atoms with Crippen molar-refractivity contribution < 1.29 is 4.39 Å². The topological polar surface area (TPSA) is 30.7 Å². The maximum absolute atomic E-state index is 12.9. The monoisotopic (exact) mass is 225 g/mol. The molecular formula is C10H9ClFN3. The van der Waals surface area contributed by atoms with E-state index in [1.165, 1.54) is 12.1 Å². The van der Waals surface area contributed by atoms with Crippen molar-refractivity contribution >= 4 is 11.6 Å². The third-order valence-corrected chi connectivity index (χ3v) is 2.42. The van der Waals surface area contributed by atoms with Gasteiger partial charge >= 0.3 is 0 Å². The average Bonchev–Trinajstić information content (AvgIpc) is 2.65. The molecule has 5 heteroatoms. The smallest absolute Gasteiger partial charge is 0.123 e. The lowest BCUT2D eigenvalue weighted by Crippen LogP contribution is -2.03. The molecule has 0 bridgehead atoms. The molecule has 0 spiro atoms. The summed E-state index contributed by atoms with van der Waals surface area (Å²) < 4.78 is 14.5. The summed E-state index contributed by atoms with van der Waals surface area (Å²) in [5.41, 5.74) is 2.38. The molecule has 1 aromatic carbocycles. The van der Waals surface area contributed by atoms with E-state index in [2.05, 4.69) is 10.3 Å². The predicted molar refractivity (Wildman–Crippen MR) is 55.6 cm³/mol. The van der Waals surface area contributed by atoms with Crippen molar-refractivity contribution in [3.63, 3.8) is 0 Å². The molecule has 1 aromatic heterocycles. The van der Waals surface area contributed by atoms with E-state index in [1.54, 1.807) is 16.9 Å². The molecule has 3 nitrogen and oxygen atoms in total. The fourth-order valence-corrected chi connectivity index (χ4v) is 1.59. The molecule has 0 aliphatic rings. The molecule has 15 heavy (non-hydrogen) atoms. The molecule has 1 heterocycles. The number of rotatable bonds is 2. The maximum Gasteiger partial charge on any atom is 0.123 e. The van der Waals surface area contributed by atoms with Crippen molar-refractivity contribution in [1.82, 2.24) is 15.0 Å². The van der Waals surface area contributed by atoms with E-state index in [-0.39, 0.29) is 5.82 Å². The Kier molecular flexibility index (Phi) is 2.68. The highest BCUT2D eigenvalue weighted by molar-refractivity contribution is 6.16. The summed E-state index contributed by atoms with van der Waals surface area (Å²) in [6, 6.07) is 4.51. The van der Waals surface area contributed by atoms with Gasteiger partial charge in [-0.15, -0.1) is 16.7 Å². The van der Waals surface area contributed by atoms with Crippen LogP contribution in [0.2, 0.25) is 0 Å². The van der Waals surface area contributed by atoms with E-state index in [4.69, 9.17) is 11.6 Å². The summed E-state index contributed by atoms with van der Waals surface area (Å²) >= 11 is 5.73. The van der Waals surface area contributed by atoms with Gasteiger partial charge in [0.2, 0.25) is 0 Å². The summed E-state index contributed by atoms with van der Waals surface area (Å²) in [7, 11) is 0. The second-order valence-corrected chi connectivity index (χ2v) is 3.47. The van der Waals surface area contributed by atoms with Crippen LogP contribution in [-0.4, -0.2) is 15.0 Å². The summed E-state index contributed by atoms with van der Waals surface area (Å²) in [6.45, 7) is 1.82. The third-order valence-electron chi connectivity index (χ3n) is 2.14. The van der Waals surface area contributed by atoms with E-state index >= 15 is 0 Å². The number of aromatic nitrogens is 3. The van der Waals surface area contributed by atoms with Gasteiger partial charge < -0.3 is 0 Å². The van der Waals surface area contributed by atoms with Gasteiger partial charge in [-0.25, -0.2) is 9.07 Å².